The van der Waals surface area contributed by atoms with E-state index in [-0.39, 0.29) is 11.5 Å². The standard InChI is InChI=1S/C25H23N3O2/c1-15-9-11-19(13-17(15)3)23-26-22-8-6-5-7-21(22)25(30)28(23)27-24(29)20-12-10-16(2)18(4)14-20/h5-14H,1-4H3,(H,27,29). The molecule has 0 unspecified atom stereocenters. The van der Waals surface area contributed by atoms with Gasteiger partial charge in [0, 0.05) is 11.1 Å². The molecule has 0 aliphatic heterocycles. The molecule has 5 nitrogen and oxygen atoms in total. The van der Waals surface area contributed by atoms with Crippen LogP contribution in [0.3, 0.4) is 0 Å². The molecule has 4 rings (SSSR count). The van der Waals surface area contributed by atoms with Crippen LogP contribution in [-0.4, -0.2) is 15.6 Å². The molecule has 5 heteroatoms. The Balaban J connectivity index is 1.89. The van der Waals surface area contributed by atoms with Gasteiger partial charge in [0.05, 0.1) is 10.9 Å². The van der Waals surface area contributed by atoms with Crippen LogP contribution < -0.4 is 11.0 Å². The first kappa shape index (κ1) is 19.6. The minimum Gasteiger partial charge on any atom is -0.267 e. The van der Waals surface area contributed by atoms with Crippen molar-refractivity contribution in [1.29, 1.82) is 0 Å². The van der Waals surface area contributed by atoms with Crippen molar-refractivity contribution in [3.63, 3.8) is 0 Å². The Morgan fingerprint density at radius 1 is 0.833 bits per heavy atom. The molecule has 0 saturated heterocycles. The number of carbonyl (C=O) groups excluding carboxylic acids is 1. The summed E-state index contributed by atoms with van der Waals surface area (Å²) in [5, 5.41) is 0.450. The lowest BCUT2D eigenvalue weighted by Crippen LogP contribution is -2.35. The summed E-state index contributed by atoms with van der Waals surface area (Å²) < 4.78 is 1.25. The van der Waals surface area contributed by atoms with E-state index in [4.69, 9.17) is 4.98 Å². The average molecular weight is 397 g/mol. The fraction of sp³-hybridized carbons (Fsp3) is 0.160. The highest BCUT2D eigenvalue weighted by Crippen LogP contribution is 2.21. The lowest BCUT2D eigenvalue weighted by atomic mass is 10.1. The van der Waals surface area contributed by atoms with Gasteiger partial charge in [-0.25, -0.2) is 4.98 Å². The van der Waals surface area contributed by atoms with Crippen LogP contribution in [0.5, 0.6) is 0 Å². The molecule has 0 atom stereocenters. The van der Waals surface area contributed by atoms with Crippen LogP contribution in [0.4, 0.5) is 0 Å². The van der Waals surface area contributed by atoms with Gasteiger partial charge in [0.1, 0.15) is 0 Å². The van der Waals surface area contributed by atoms with Gasteiger partial charge in [0.2, 0.25) is 0 Å². The molecule has 0 spiro atoms. The van der Waals surface area contributed by atoms with Crippen molar-refractivity contribution in [2.75, 3.05) is 5.43 Å². The molecule has 1 heterocycles. The molecule has 3 aromatic carbocycles. The molecule has 150 valence electrons. The van der Waals surface area contributed by atoms with Crippen LogP contribution in [0.1, 0.15) is 32.6 Å². The number of hydrogen-bond donors (Lipinski definition) is 1. The molecule has 1 amide bonds. The number of amides is 1. The van der Waals surface area contributed by atoms with Gasteiger partial charge in [-0.1, -0.05) is 30.3 Å². The van der Waals surface area contributed by atoms with E-state index >= 15 is 0 Å². The minimum absolute atomic E-state index is 0.314. The smallest absolute Gasteiger partial charge is 0.267 e. The summed E-state index contributed by atoms with van der Waals surface area (Å²) in [4.78, 5) is 30.9. The number of rotatable bonds is 3. The molecule has 4 aromatic rings. The number of nitrogens with one attached hydrogen (secondary N) is 1. The van der Waals surface area contributed by atoms with Gasteiger partial charge in [0.25, 0.3) is 11.5 Å². The van der Waals surface area contributed by atoms with Crippen molar-refractivity contribution in [3.8, 4) is 11.4 Å². The van der Waals surface area contributed by atoms with Gasteiger partial charge in [-0.3, -0.25) is 15.0 Å². The second-order valence-electron chi connectivity index (χ2n) is 7.63. The van der Waals surface area contributed by atoms with E-state index in [1.54, 1.807) is 24.3 Å². The highest BCUT2D eigenvalue weighted by molar-refractivity contribution is 6.00. The van der Waals surface area contributed by atoms with Crippen molar-refractivity contribution < 1.29 is 4.79 Å². The fourth-order valence-electron chi connectivity index (χ4n) is 3.36. The van der Waals surface area contributed by atoms with Gasteiger partial charge in [-0.2, -0.15) is 4.68 Å². The zero-order chi connectivity index (χ0) is 21.4. The van der Waals surface area contributed by atoms with E-state index in [0.717, 1.165) is 27.8 Å². The largest absolute Gasteiger partial charge is 0.280 e. The zero-order valence-corrected chi connectivity index (χ0v) is 17.5. The molecule has 0 bridgehead atoms. The molecule has 0 fully saturated rings. The Morgan fingerprint density at radius 3 is 2.20 bits per heavy atom. The number of hydrogen-bond acceptors (Lipinski definition) is 3. The van der Waals surface area contributed by atoms with Crippen molar-refractivity contribution in [2.24, 2.45) is 0 Å². The van der Waals surface area contributed by atoms with E-state index in [1.807, 2.05) is 64.1 Å². The van der Waals surface area contributed by atoms with Gasteiger partial charge < -0.3 is 0 Å². The highest BCUT2D eigenvalue weighted by Gasteiger charge is 2.16. The lowest BCUT2D eigenvalue weighted by Gasteiger charge is -2.16. The summed E-state index contributed by atoms with van der Waals surface area (Å²) in [5.41, 5.74) is 8.65. The molecule has 1 N–H and O–H groups in total. The molecule has 30 heavy (non-hydrogen) atoms. The Kier molecular flexibility index (Phi) is 4.96. The summed E-state index contributed by atoms with van der Waals surface area (Å²) >= 11 is 0. The highest BCUT2D eigenvalue weighted by atomic mass is 16.2. The van der Waals surface area contributed by atoms with Crippen molar-refractivity contribution >= 4 is 16.8 Å². The normalized spacial score (nSPS) is 10.9. The SMILES string of the molecule is Cc1ccc(C(=O)Nn2c(-c3ccc(C)c(C)c3)nc3ccccc3c2=O)cc1C. The fourth-order valence-corrected chi connectivity index (χ4v) is 3.36. The average Bonchev–Trinajstić information content (AvgIpc) is 2.74. The van der Waals surface area contributed by atoms with Gasteiger partial charge in [-0.15, -0.1) is 0 Å². The van der Waals surface area contributed by atoms with Crippen LogP contribution >= 0.6 is 0 Å². The first-order chi connectivity index (χ1) is 14.3. The maximum absolute atomic E-state index is 13.3. The Morgan fingerprint density at radius 2 is 1.50 bits per heavy atom. The van der Waals surface area contributed by atoms with Crippen LogP contribution in [0, 0.1) is 27.7 Å². The van der Waals surface area contributed by atoms with Crippen LogP contribution in [0.2, 0.25) is 0 Å². The van der Waals surface area contributed by atoms with E-state index in [2.05, 4.69) is 5.43 Å². The Hall–Kier alpha value is -3.73. The Bertz CT molecular complexity index is 1350. The molecule has 0 aliphatic carbocycles. The maximum Gasteiger partial charge on any atom is 0.280 e. The summed E-state index contributed by atoms with van der Waals surface area (Å²) in [6.45, 7) is 7.99. The molecular weight excluding hydrogens is 374 g/mol. The van der Waals surface area contributed by atoms with E-state index in [0.29, 0.717) is 22.3 Å². The Labute approximate surface area is 175 Å². The van der Waals surface area contributed by atoms with E-state index in [9.17, 15) is 9.59 Å². The number of aromatic nitrogens is 2. The summed E-state index contributed by atoms with van der Waals surface area (Å²) in [5.74, 6) is 0.0429. The molecule has 0 radical (unpaired) electrons. The van der Waals surface area contributed by atoms with Crippen molar-refractivity contribution in [3.05, 3.63) is 98.8 Å². The third kappa shape index (κ3) is 3.50. The van der Waals surface area contributed by atoms with Crippen LogP contribution in [0.25, 0.3) is 22.3 Å². The van der Waals surface area contributed by atoms with Gasteiger partial charge >= 0.3 is 0 Å². The second-order valence-corrected chi connectivity index (χ2v) is 7.63. The number of carbonyl (C=O) groups is 1. The van der Waals surface area contributed by atoms with Crippen molar-refractivity contribution in [1.82, 2.24) is 9.66 Å². The second kappa shape index (κ2) is 7.59. The number of para-hydroxylation sites is 1. The lowest BCUT2D eigenvalue weighted by molar-refractivity contribution is 0.101. The molecule has 0 saturated carbocycles. The minimum atomic E-state index is -0.359. The van der Waals surface area contributed by atoms with Crippen LogP contribution in [-0.2, 0) is 0 Å². The predicted octanol–water partition coefficient (Wildman–Crippen LogP) is 4.68. The molecular formula is C25H23N3O2. The zero-order valence-electron chi connectivity index (χ0n) is 17.5. The maximum atomic E-state index is 13.3. The topological polar surface area (TPSA) is 64.0 Å². The summed E-state index contributed by atoms with van der Waals surface area (Å²) in [6, 6.07) is 18.5. The van der Waals surface area contributed by atoms with Crippen LogP contribution in [0.15, 0.2) is 65.5 Å². The monoisotopic (exact) mass is 397 g/mol. The van der Waals surface area contributed by atoms with Gasteiger partial charge in [-0.05, 0) is 80.3 Å². The molecule has 0 aliphatic rings. The number of aryl methyl sites for hydroxylation is 4. The number of fused-ring (bicyclic) bond motifs is 1. The summed E-state index contributed by atoms with van der Waals surface area (Å²) in [6.07, 6.45) is 0. The predicted molar refractivity (Wildman–Crippen MR) is 121 cm³/mol. The third-order valence-corrected chi connectivity index (χ3v) is 5.52. The first-order valence-corrected chi connectivity index (χ1v) is 9.83. The van der Waals surface area contributed by atoms with Gasteiger partial charge in [0.15, 0.2) is 5.82 Å². The number of nitrogens with zero attached hydrogens (tertiary/aromatic N) is 2. The van der Waals surface area contributed by atoms with E-state index in [1.165, 1.54) is 4.68 Å². The number of benzene rings is 3. The quantitative estimate of drug-likeness (QED) is 0.546. The third-order valence-electron chi connectivity index (χ3n) is 5.52. The summed E-state index contributed by atoms with van der Waals surface area (Å²) in [7, 11) is 0. The van der Waals surface area contributed by atoms with E-state index < -0.39 is 0 Å². The first-order valence-electron chi connectivity index (χ1n) is 9.83. The van der Waals surface area contributed by atoms with Crippen molar-refractivity contribution in [2.45, 2.75) is 27.7 Å². The molecule has 1 aromatic heterocycles.